The van der Waals surface area contributed by atoms with Gasteiger partial charge >= 0.3 is 0 Å². The molecule has 138 heavy (non-hydrogen) atoms. The summed E-state index contributed by atoms with van der Waals surface area (Å²) in [6.07, 6.45) is 17.5. The molecule has 17 aromatic carbocycles. The maximum atomic E-state index is 4.87. The van der Waals surface area contributed by atoms with Gasteiger partial charge in [-0.05, 0) is 255 Å². The summed E-state index contributed by atoms with van der Waals surface area (Å²) >= 11 is 1.86. The number of pyridine rings is 6. The van der Waals surface area contributed by atoms with Crippen molar-refractivity contribution < 1.29 is 0 Å². The molecule has 0 fully saturated rings. The molecule has 0 aliphatic heterocycles. The van der Waals surface area contributed by atoms with Crippen LogP contribution in [0.2, 0.25) is 0 Å². The average molecular weight is 1780 g/mol. The van der Waals surface area contributed by atoms with Crippen molar-refractivity contribution in [1.29, 1.82) is 0 Å². The Morgan fingerprint density at radius 3 is 0.812 bits per heavy atom. The van der Waals surface area contributed by atoms with Crippen molar-refractivity contribution >= 4 is 173 Å². The molecule has 0 aliphatic rings. The first-order valence-corrected chi connectivity index (χ1v) is 47.3. The zero-order valence-electron chi connectivity index (χ0n) is 74.4. The SMILES string of the molecule is c1ccc(-n2c3ccc(-c4cccc(-c5ccc6c(c5)c5cnc7ccccc7c5n6-c5ccccc5)c4)cc3c3ccncc32)cc1.c1ccc(-n2c3ccc(-c4cccc(-c5ccc6c(c5)c5cnc7ccncc7c5n6-c5ccccc5)c4)cc3c3ccncc32)cc1.c1ccc(-n2c3ccc(-c4cccc(-c5ccc6sc7ccccc7c6c5)c4)cc3c3cnc4ccccc4c32)cc1. The maximum Gasteiger partial charge on any atom is 0.0754 e. The molecule has 0 saturated heterocycles. The Morgan fingerprint density at radius 1 is 0.152 bits per heavy atom. The molecule has 29 aromatic rings. The number of thiophene rings is 1. The van der Waals surface area contributed by atoms with E-state index in [-0.39, 0.29) is 0 Å². The van der Waals surface area contributed by atoms with Gasteiger partial charge in [-0.3, -0.25) is 29.9 Å². The second kappa shape index (κ2) is 32.8. The van der Waals surface area contributed by atoms with E-state index in [1.165, 1.54) is 158 Å². The van der Waals surface area contributed by atoms with Gasteiger partial charge in [0.15, 0.2) is 0 Å². The molecule has 0 saturated carbocycles. The number of rotatable bonds is 11. The van der Waals surface area contributed by atoms with E-state index in [1.54, 1.807) is 6.20 Å². The highest BCUT2D eigenvalue weighted by Crippen LogP contribution is 2.46. The van der Waals surface area contributed by atoms with Gasteiger partial charge in [-0.15, -0.1) is 11.3 Å². The lowest BCUT2D eigenvalue weighted by atomic mass is 9.97. The molecule has 0 N–H and O–H groups in total. The summed E-state index contributed by atoms with van der Waals surface area (Å²) in [4.78, 5) is 28.0. The highest BCUT2D eigenvalue weighted by Gasteiger charge is 2.24. The van der Waals surface area contributed by atoms with Gasteiger partial charge in [0, 0.05) is 162 Å². The lowest BCUT2D eigenvalue weighted by Crippen LogP contribution is -1.94. The van der Waals surface area contributed by atoms with Crippen LogP contribution in [0.4, 0.5) is 0 Å². The number of benzene rings is 17. The van der Waals surface area contributed by atoms with E-state index in [2.05, 4.69) is 456 Å². The first kappa shape index (κ1) is 79.4. The summed E-state index contributed by atoms with van der Waals surface area (Å²) < 4.78 is 14.4. The van der Waals surface area contributed by atoms with E-state index in [4.69, 9.17) is 15.0 Å². The van der Waals surface area contributed by atoms with E-state index in [9.17, 15) is 0 Å². The van der Waals surface area contributed by atoms with Crippen LogP contribution in [-0.2, 0) is 0 Å². The molecule has 29 rings (SSSR count). The molecule has 12 heteroatoms. The molecular weight excluding hydrogens is 1700 g/mol. The normalized spacial score (nSPS) is 11.8. The van der Waals surface area contributed by atoms with Crippen molar-refractivity contribution in [2.45, 2.75) is 0 Å². The van der Waals surface area contributed by atoms with Crippen LogP contribution < -0.4 is 0 Å². The maximum absolute atomic E-state index is 4.87. The molecule has 0 unspecified atom stereocenters. The van der Waals surface area contributed by atoms with Crippen molar-refractivity contribution in [1.82, 2.24) is 52.7 Å². The van der Waals surface area contributed by atoms with Gasteiger partial charge in [-0.2, -0.15) is 0 Å². The highest BCUT2D eigenvalue weighted by atomic mass is 32.1. The van der Waals surface area contributed by atoms with Crippen LogP contribution in [0.3, 0.4) is 0 Å². The minimum atomic E-state index is 0.936. The number of hydrogen-bond donors (Lipinski definition) is 0. The molecule has 0 bridgehead atoms. The first-order chi connectivity index (χ1) is 68.4. The predicted octanol–water partition coefficient (Wildman–Crippen LogP) is 32.7. The van der Waals surface area contributed by atoms with E-state index in [0.717, 1.165) is 99.5 Å². The van der Waals surface area contributed by atoms with Gasteiger partial charge < -0.3 is 22.8 Å². The Morgan fingerprint density at radius 2 is 0.428 bits per heavy atom. The van der Waals surface area contributed by atoms with Gasteiger partial charge in [0.05, 0.1) is 84.1 Å². The van der Waals surface area contributed by atoms with E-state index in [1.807, 2.05) is 67.0 Å². The first-order valence-electron chi connectivity index (χ1n) is 46.5. The fourth-order valence-electron chi connectivity index (χ4n) is 21.2. The summed E-state index contributed by atoms with van der Waals surface area (Å²) in [6.45, 7) is 0. The summed E-state index contributed by atoms with van der Waals surface area (Å²) in [6, 6.07) is 152. The molecule has 11 nitrogen and oxygen atoms in total. The minimum absolute atomic E-state index is 0.936. The Hall–Kier alpha value is -18.4. The zero-order chi connectivity index (χ0) is 90.8. The number of aromatic nitrogens is 11. The molecule has 12 heterocycles. The molecule has 0 aliphatic carbocycles. The highest BCUT2D eigenvalue weighted by molar-refractivity contribution is 7.25. The van der Waals surface area contributed by atoms with E-state index < -0.39 is 0 Å². The quantitative estimate of drug-likeness (QED) is 0.128. The summed E-state index contributed by atoms with van der Waals surface area (Å²) in [5.41, 5.74) is 34.5. The molecule has 0 atom stereocenters. The van der Waals surface area contributed by atoms with Crippen LogP contribution in [0, 0.1) is 0 Å². The van der Waals surface area contributed by atoms with Crippen LogP contribution >= 0.6 is 11.3 Å². The largest absolute Gasteiger partial charge is 0.309 e. The summed E-state index contributed by atoms with van der Waals surface area (Å²) in [5, 5.41) is 17.8. The standard InChI is InChI=1S/C44H28N4.C43H27N5.C39H24N2S/c1-3-12-33(13-4-1)47-41-20-18-31(25-37(41)35-22-23-45-28-43(35)47)29-10-9-11-30(24-29)32-19-21-42-38(26-32)39-27-46-40-17-8-7-16-36(40)44(39)48(42)34-14-5-2-6-15-34;1-3-10-32(11-4-1)47-40-16-14-30(23-35(40)34-18-20-45-27-42(34)47)28-8-7-9-29(22-28)31-15-17-41-36(24-31)37-26-46-39-19-21-44-25-38(39)43(37)48(41)33-12-5-2-6-13-33;1-2-11-29(12-3-1)41-36-19-17-27(22-32(36)34-24-40-35-15-6-4-14-31(35)39(34)41)25-9-8-10-26(21-25)28-18-20-38-33(23-28)30-13-5-7-16-37(30)42-38/h1-28H;1-27H;1-24H. The Labute approximate surface area is 795 Å². The molecule has 0 radical (unpaired) electrons. The van der Waals surface area contributed by atoms with Gasteiger partial charge in [-0.1, -0.05) is 237 Å². The number of fused-ring (bicyclic) bond motifs is 24. The molecule has 0 spiro atoms. The number of para-hydroxylation sites is 7. The third-order valence-electron chi connectivity index (χ3n) is 27.6. The zero-order valence-corrected chi connectivity index (χ0v) is 75.3. The Bertz CT molecular complexity index is 9530. The lowest BCUT2D eigenvalue weighted by Gasteiger charge is -2.10. The Kier molecular flexibility index (Phi) is 18.9. The molecule has 644 valence electrons. The summed E-state index contributed by atoms with van der Waals surface area (Å²) in [7, 11) is 0. The topological polar surface area (TPSA) is 102 Å². The second-order valence-corrected chi connectivity index (χ2v) is 36.4. The lowest BCUT2D eigenvalue weighted by molar-refractivity contribution is 1.17. The van der Waals surface area contributed by atoms with Crippen molar-refractivity contribution in [3.8, 4) is 95.2 Å². The van der Waals surface area contributed by atoms with E-state index >= 15 is 0 Å². The monoisotopic (exact) mass is 1780 g/mol. The van der Waals surface area contributed by atoms with Crippen LogP contribution in [0.5, 0.6) is 0 Å². The van der Waals surface area contributed by atoms with Crippen LogP contribution in [-0.4, -0.2) is 52.7 Å². The Balaban J connectivity index is 0.000000105. The van der Waals surface area contributed by atoms with Crippen LogP contribution in [0.15, 0.2) is 480 Å². The average Bonchev–Trinajstić information content (AvgIpc) is 1.58. The fraction of sp³-hybridized carbons (Fsp3) is 0. The van der Waals surface area contributed by atoms with E-state index in [0.29, 0.717) is 0 Å². The van der Waals surface area contributed by atoms with Crippen molar-refractivity contribution in [3.05, 3.63) is 480 Å². The minimum Gasteiger partial charge on any atom is -0.309 e. The third-order valence-corrected chi connectivity index (χ3v) is 28.7. The van der Waals surface area contributed by atoms with Crippen molar-refractivity contribution in [3.63, 3.8) is 0 Å². The molecular formula is C126H79N11S. The predicted molar refractivity (Wildman–Crippen MR) is 576 cm³/mol. The van der Waals surface area contributed by atoms with Gasteiger partial charge in [0.1, 0.15) is 0 Å². The third kappa shape index (κ3) is 13.3. The fourth-order valence-corrected chi connectivity index (χ4v) is 22.3. The molecule has 0 amide bonds. The van der Waals surface area contributed by atoms with Crippen LogP contribution in [0.1, 0.15) is 0 Å². The van der Waals surface area contributed by atoms with Gasteiger partial charge in [-0.25, -0.2) is 0 Å². The number of nitrogens with zero attached hydrogens (tertiary/aromatic N) is 11. The van der Waals surface area contributed by atoms with Crippen molar-refractivity contribution in [2.75, 3.05) is 0 Å². The van der Waals surface area contributed by atoms with Crippen molar-refractivity contribution in [2.24, 2.45) is 0 Å². The number of hydrogen-bond acceptors (Lipinski definition) is 7. The van der Waals surface area contributed by atoms with Crippen LogP contribution in [0.25, 0.3) is 257 Å². The molecule has 12 aromatic heterocycles. The smallest absolute Gasteiger partial charge is 0.0754 e. The second-order valence-electron chi connectivity index (χ2n) is 35.3. The summed E-state index contributed by atoms with van der Waals surface area (Å²) in [5.74, 6) is 0. The van der Waals surface area contributed by atoms with Gasteiger partial charge in [0.2, 0.25) is 0 Å². The van der Waals surface area contributed by atoms with Gasteiger partial charge in [0.25, 0.3) is 0 Å².